The number of carbonyl (C=O) groups excluding carboxylic acids is 2. The van der Waals surface area contributed by atoms with Gasteiger partial charge < -0.3 is 5.32 Å². The normalized spacial score (nSPS) is 10.4. The van der Waals surface area contributed by atoms with Crippen molar-refractivity contribution in [2.24, 2.45) is 5.10 Å². The van der Waals surface area contributed by atoms with E-state index in [9.17, 15) is 9.59 Å². The minimum absolute atomic E-state index is 0.298. The largest absolute Gasteiger partial charge is 0.325 e. The third-order valence-electron chi connectivity index (χ3n) is 2.67. The lowest BCUT2D eigenvalue weighted by Crippen LogP contribution is -2.24. The monoisotopic (exact) mass is 359 g/mol. The zero-order valence-corrected chi connectivity index (χ0v) is 13.2. The Bertz CT molecular complexity index is 687. The van der Waals surface area contributed by atoms with Crippen molar-refractivity contribution < 1.29 is 9.59 Å². The Morgan fingerprint density at radius 1 is 1.00 bits per heavy atom. The Balaban J connectivity index is 1.81. The SMILES string of the molecule is O=C(CC(=O)Nc1ccccc1Br)N/N=C\c1ccccc1. The molecular formula is C16H14BrN3O2. The van der Waals surface area contributed by atoms with E-state index in [1.165, 1.54) is 6.21 Å². The second kappa shape index (κ2) is 8.09. The second-order valence-electron chi connectivity index (χ2n) is 4.41. The molecule has 2 N–H and O–H groups in total. The first kappa shape index (κ1) is 15.9. The summed E-state index contributed by atoms with van der Waals surface area (Å²) in [5.41, 5.74) is 3.80. The molecule has 0 radical (unpaired) electrons. The number of nitrogens with one attached hydrogen (secondary N) is 2. The second-order valence-corrected chi connectivity index (χ2v) is 5.26. The first-order valence-electron chi connectivity index (χ1n) is 6.56. The summed E-state index contributed by atoms with van der Waals surface area (Å²) in [5, 5.41) is 6.46. The highest BCUT2D eigenvalue weighted by atomic mass is 79.9. The zero-order chi connectivity index (χ0) is 15.8. The van der Waals surface area contributed by atoms with Gasteiger partial charge in [-0.1, -0.05) is 42.5 Å². The van der Waals surface area contributed by atoms with Crippen molar-refractivity contribution in [1.29, 1.82) is 0 Å². The molecule has 0 aliphatic heterocycles. The first-order valence-corrected chi connectivity index (χ1v) is 7.36. The number of hydrogen-bond donors (Lipinski definition) is 2. The summed E-state index contributed by atoms with van der Waals surface area (Å²) in [6, 6.07) is 16.5. The molecule has 0 saturated carbocycles. The van der Waals surface area contributed by atoms with Crippen LogP contribution in [0.4, 0.5) is 5.69 Å². The van der Waals surface area contributed by atoms with Gasteiger partial charge in [0, 0.05) is 4.47 Å². The van der Waals surface area contributed by atoms with E-state index in [0.29, 0.717) is 5.69 Å². The average Bonchev–Trinajstić information content (AvgIpc) is 2.50. The van der Waals surface area contributed by atoms with Crippen molar-refractivity contribution in [2.75, 3.05) is 5.32 Å². The predicted octanol–water partition coefficient (Wildman–Crippen LogP) is 2.93. The van der Waals surface area contributed by atoms with Gasteiger partial charge in [-0.2, -0.15) is 5.10 Å². The van der Waals surface area contributed by atoms with Crippen LogP contribution in [0.5, 0.6) is 0 Å². The van der Waals surface area contributed by atoms with Gasteiger partial charge in [-0.25, -0.2) is 5.43 Å². The Morgan fingerprint density at radius 2 is 1.68 bits per heavy atom. The highest BCUT2D eigenvalue weighted by molar-refractivity contribution is 9.10. The molecule has 2 aromatic carbocycles. The Morgan fingerprint density at radius 3 is 2.41 bits per heavy atom. The number of hydrogen-bond acceptors (Lipinski definition) is 3. The van der Waals surface area contributed by atoms with E-state index >= 15 is 0 Å². The number of nitrogens with zero attached hydrogens (tertiary/aromatic N) is 1. The van der Waals surface area contributed by atoms with Gasteiger partial charge in [0.2, 0.25) is 11.8 Å². The van der Waals surface area contributed by atoms with E-state index < -0.39 is 11.8 Å². The number of anilines is 1. The fourth-order valence-electron chi connectivity index (χ4n) is 1.66. The van der Waals surface area contributed by atoms with Gasteiger partial charge in [-0.05, 0) is 33.6 Å². The molecule has 2 amide bonds. The lowest BCUT2D eigenvalue weighted by Gasteiger charge is -2.06. The van der Waals surface area contributed by atoms with Crippen molar-refractivity contribution >= 4 is 39.6 Å². The van der Waals surface area contributed by atoms with E-state index in [0.717, 1.165) is 10.0 Å². The maximum absolute atomic E-state index is 11.8. The number of para-hydroxylation sites is 1. The molecule has 0 atom stereocenters. The smallest absolute Gasteiger partial charge is 0.249 e. The van der Waals surface area contributed by atoms with E-state index in [2.05, 4.69) is 31.8 Å². The van der Waals surface area contributed by atoms with E-state index in [4.69, 9.17) is 0 Å². The molecule has 2 aromatic rings. The molecule has 0 spiro atoms. The third-order valence-corrected chi connectivity index (χ3v) is 3.36. The number of rotatable bonds is 5. The number of hydrazone groups is 1. The van der Waals surface area contributed by atoms with Crippen molar-refractivity contribution in [1.82, 2.24) is 5.43 Å². The number of halogens is 1. The summed E-state index contributed by atoms with van der Waals surface area (Å²) in [7, 11) is 0. The lowest BCUT2D eigenvalue weighted by molar-refractivity contribution is -0.126. The molecule has 0 aliphatic rings. The van der Waals surface area contributed by atoms with Gasteiger partial charge in [0.05, 0.1) is 11.9 Å². The molecule has 0 aliphatic carbocycles. The minimum Gasteiger partial charge on any atom is -0.325 e. The summed E-state index contributed by atoms with van der Waals surface area (Å²) >= 11 is 3.32. The highest BCUT2D eigenvalue weighted by Gasteiger charge is 2.10. The Kier molecular flexibility index (Phi) is 5.85. The quantitative estimate of drug-likeness (QED) is 0.489. The summed E-state index contributed by atoms with van der Waals surface area (Å²) in [5.74, 6) is -0.879. The molecule has 0 saturated heterocycles. The van der Waals surface area contributed by atoms with Crippen LogP contribution in [0.25, 0.3) is 0 Å². The number of amides is 2. The van der Waals surface area contributed by atoms with Gasteiger partial charge in [0.1, 0.15) is 6.42 Å². The molecule has 2 rings (SSSR count). The summed E-state index contributed by atoms with van der Waals surface area (Å²) < 4.78 is 0.755. The standard InChI is InChI=1S/C16H14BrN3O2/c17-13-8-4-5-9-14(13)19-15(21)10-16(22)20-18-11-12-6-2-1-3-7-12/h1-9,11H,10H2,(H,19,21)(H,20,22)/b18-11-. The average molecular weight is 360 g/mol. The van der Waals surface area contributed by atoms with E-state index in [1.54, 1.807) is 18.2 Å². The van der Waals surface area contributed by atoms with Crippen LogP contribution in [0.2, 0.25) is 0 Å². The summed E-state index contributed by atoms with van der Waals surface area (Å²) in [4.78, 5) is 23.4. The fourth-order valence-corrected chi connectivity index (χ4v) is 2.04. The van der Waals surface area contributed by atoms with E-state index in [-0.39, 0.29) is 6.42 Å². The van der Waals surface area contributed by atoms with Crippen molar-refractivity contribution in [2.45, 2.75) is 6.42 Å². The maximum atomic E-state index is 11.8. The van der Waals surface area contributed by atoms with Crippen LogP contribution in [-0.2, 0) is 9.59 Å². The van der Waals surface area contributed by atoms with Crippen LogP contribution < -0.4 is 10.7 Å². The molecule has 0 aromatic heterocycles. The van der Waals surface area contributed by atoms with Gasteiger partial charge in [-0.15, -0.1) is 0 Å². The lowest BCUT2D eigenvalue weighted by atomic mass is 10.2. The molecule has 5 nitrogen and oxygen atoms in total. The summed E-state index contributed by atoms with van der Waals surface area (Å²) in [6.07, 6.45) is 1.22. The Hall–Kier alpha value is -2.47. The fraction of sp³-hybridized carbons (Fsp3) is 0.0625. The van der Waals surface area contributed by atoms with Gasteiger partial charge in [0.15, 0.2) is 0 Å². The highest BCUT2D eigenvalue weighted by Crippen LogP contribution is 2.21. The van der Waals surface area contributed by atoms with Crippen LogP contribution in [0.1, 0.15) is 12.0 Å². The van der Waals surface area contributed by atoms with E-state index in [1.807, 2.05) is 36.4 Å². The topological polar surface area (TPSA) is 70.6 Å². The van der Waals surface area contributed by atoms with Crippen LogP contribution >= 0.6 is 15.9 Å². The number of benzene rings is 2. The molecule has 6 heteroatoms. The van der Waals surface area contributed by atoms with Crippen molar-refractivity contribution in [3.63, 3.8) is 0 Å². The molecule has 0 fully saturated rings. The van der Waals surface area contributed by atoms with Crippen molar-refractivity contribution in [3.05, 3.63) is 64.6 Å². The van der Waals surface area contributed by atoms with Gasteiger partial charge >= 0.3 is 0 Å². The van der Waals surface area contributed by atoms with Gasteiger partial charge in [0.25, 0.3) is 0 Å². The molecule has 0 unspecified atom stereocenters. The maximum Gasteiger partial charge on any atom is 0.249 e. The summed E-state index contributed by atoms with van der Waals surface area (Å²) in [6.45, 7) is 0. The molecule has 22 heavy (non-hydrogen) atoms. The van der Waals surface area contributed by atoms with Crippen LogP contribution in [0.15, 0.2) is 64.2 Å². The first-order chi connectivity index (χ1) is 10.6. The van der Waals surface area contributed by atoms with Crippen LogP contribution in [0.3, 0.4) is 0 Å². The zero-order valence-electron chi connectivity index (χ0n) is 11.6. The minimum atomic E-state index is -0.475. The van der Waals surface area contributed by atoms with Crippen LogP contribution in [-0.4, -0.2) is 18.0 Å². The molecular weight excluding hydrogens is 346 g/mol. The molecule has 0 bridgehead atoms. The van der Waals surface area contributed by atoms with Crippen molar-refractivity contribution in [3.8, 4) is 0 Å². The third kappa shape index (κ3) is 5.14. The van der Waals surface area contributed by atoms with Gasteiger partial charge in [-0.3, -0.25) is 9.59 Å². The predicted molar refractivity (Wildman–Crippen MR) is 89.6 cm³/mol. The Labute approximate surface area is 136 Å². The number of carbonyl (C=O) groups is 2. The molecule has 112 valence electrons. The van der Waals surface area contributed by atoms with Crippen LogP contribution in [0, 0.1) is 0 Å². The molecule has 0 heterocycles.